The van der Waals surface area contributed by atoms with Gasteiger partial charge in [-0.25, -0.2) is 0 Å². The van der Waals surface area contributed by atoms with Crippen LogP contribution in [-0.2, 0) is 4.74 Å². The third kappa shape index (κ3) is 1.80. The lowest BCUT2D eigenvalue weighted by molar-refractivity contribution is -0.174. The van der Waals surface area contributed by atoms with Gasteiger partial charge in [0.1, 0.15) is 18.3 Å². The number of rotatable bonds is 1. The lowest BCUT2D eigenvalue weighted by Crippen LogP contribution is -2.61. The minimum Gasteiger partial charge on any atom is -0.394 e. The Balaban J connectivity index is 2.73. The van der Waals surface area contributed by atoms with Crippen molar-refractivity contribution < 1.29 is 20.1 Å². The van der Waals surface area contributed by atoms with E-state index in [9.17, 15) is 10.2 Å². The zero-order valence-electron chi connectivity index (χ0n) is 6.87. The van der Waals surface area contributed by atoms with Crippen molar-refractivity contribution in [3.63, 3.8) is 0 Å². The Morgan fingerprint density at radius 2 is 2.00 bits per heavy atom. The van der Waals surface area contributed by atoms with E-state index in [1.54, 1.807) is 6.07 Å². The Hall–Kier alpha value is -0.710. The summed E-state index contributed by atoms with van der Waals surface area (Å²) < 4.78 is 4.93. The highest BCUT2D eigenvalue weighted by molar-refractivity contribution is 5.03. The summed E-state index contributed by atoms with van der Waals surface area (Å²) in [7, 11) is 0. The van der Waals surface area contributed by atoms with Gasteiger partial charge in [-0.1, -0.05) is 0 Å². The van der Waals surface area contributed by atoms with Crippen LogP contribution in [-0.4, -0.2) is 52.4 Å². The second kappa shape index (κ2) is 4.00. The number of nitrogens with zero attached hydrogens (tertiary/aromatic N) is 1. The van der Waals surface area contributed by atoms with Crippen LogP contribution in [0.15, 0.2) is 0 Å². The molecule has 1 aliphatic rings. The molecule has 0 radical (unpaired) electrons. The van der Waals surface area contributed by atoms with Crippen LogP contribution >= 0.6 is 0 Å². The standard InChI is InChI=1S/C7H12N2O4/c8-1-3-5(9)7(12)6(11)4(2-10)13-3/h3-7,10-12H,2,9H2/t3?,4-,5-,6-,7-/m1/s1. The monoisotopic (exact) mass is 188 g/mol. The molecule has 1 aliphatic heterocycles. The molecule has 0 aromatic carbocycles. The van der Waals surface area contributed by atoms with E-state index in [1.807, 2.05) is 0 Å². The molecule has 6 heteroatoms. The second-order valence-corrected chi connectivity index (χ2v) is 2.97. The molecule has 0 saturated carbocycles. The smallest absolute Gasteiger partial charge is 0.162 e. The summed E-state index contributed by atoms with van der Waals surface area (Å²) in [6.07, 6.45) is -4.42. The molecule has 0 spiro atoms. The van der Waals surface area contributed by atoms with Gasteiger partial charge in [0.25, 0.3) is 0 Å². The van der Waals surface area contributed by atoms with Crippen molar-refractivity contribution in [3.8, 4) is 6.07 Å². The van der Waals surface area contributed by atoms with Crippen LogP contribution in [0.4, 0.5) is 0 Å². The van der Waals surface area contributed by atoms with E-state index >= 15 is 0 Å². The molecule has 0 bridgehead atoms. The van der Waals surface area contributed by atoms with E-state index in [-0.39, 0.29) is 0 Å². The molecule has 0 aromatic rings. The summed E-state index contributed by atoms with van der Waals surface area (Å²) in [5.41, 5.74) is 5.40. The van der Waals surface area contributed by atoms with Crippen LogP contribution in [0.5, 0.6) is 0 Å². The molecule has 0 aromatic heterocycles. The van der Waals surface area contributed by atoms with Crippen molar-refractivity contribution in [1.82, 2.24) is 0 Å². The third-order valence-corrected chi connectivity index (χ3v) is 2.10. The van der Waals surface area contributed by atoms with Gasteiger partial charge in [-0.15, -0.1) is 0 Å². The fourth-order valence-corrected chi connectivity index (χ4v) is 1.25. The van der Waals surface area contributed by atoms with Gasteiger partial charge < -0.3 is 25.8 Å². The molecule has 74 valence electrons. The first-order valence-corrected chi connectivity index (χ1v) is 3.89. The summed E-state index contributed by atoms with van der Waals surface area (Å²) >= 11 is 0. The number of nitriles is 1. The molecular formula is C7H12N2O4. The Labute approximate surface area is 75.2 Å². The van der Waals surface area contributed by atoms with Crippen LogP contribution in [0.25, 0.3) is 0 Å². The fourth-order valence-electron chi connectivity index (χ4n) is 1.25. The first-order valence-electron chi connectivity index (χ1n) is 3.89. The lowest BCUT2D eigenvalue weighted by atomic mass is 9.94. The molecule has 5 N–H and O–H groups in total. The van der Waals surface area contributed by atoms with Crippen molar-refractivity contribution in [1.29, 1.82) is 5.26 Å². The number of aliphatic hydroxyl groups excluding tert-OH is 3. The van der Waals surface area contributed by atoms with Crippen molar-refractivity contribution in [2.75, 3.05) is 6.61 Å². The molecule has 1 unspecified atom stereocenters. The van der Waals surface area contributed by atoms with Crippen LogP contribution < -0.4 is 5.73 Å². The lowest BCUT2D eigenvalue weighted by Gasteiger charge is -2.37. The van der Waals surface area contributed by atoms with Gasteiger partial charge in [-0.05, 0) is 0 Å². The Bertz CT molecular complexity index is 215. The number of hydrogen-bond donors (Lipinski definition) is 4. The van der Waals surface area contributed by atoms with Crippen LogP contribution in [0, 0.1) is 11.3 Å². The maximum Gasteiger partial charge on any atom is 0.162 e. The van der Waals surface area contributed by atoms with Gasteiger partial charge >= 0.3 is 0 Å². The average Bonchev–Trinajstić information content (AvgIpc) is 2.15. The quantitative estimate of drug-likeness (QED) is 0.356. The van der Waals surface area contributed by atoms with Crippen LogP contribution in [0.2, 0.25) is 0 Å². The molecule has 1 rings (SSSR count). The molecule has 1 heterocycles. The van der Waals surface area contributed by atoms with Crippen LogP contribution in [0.3, 0.4) is 0 Å². The summed E-state index contributed by atoms with van der Waals surface area (Å²) in [6, 6.07) is 0.798. The summed E-state index contributed by atoms with van der Waals surface area (Å²) in [4.78, 5) is 0. The largest absolute Gasteiger partial charge is 0.394 e. The van der Waals surface area contributed by atoms with E-state index < -0.39 is 37.1 Å². The molecule has 6 nitrogen and oxygen atoms in total. The average molecular weight is 188 g/mol. The number of ether oxygens (including phenoxy) is 1. The molecular weight excluding hydrogens is 176 g/mol. The first-order chi connectivity index (χ1) is 6.11. The highest BCUT2D eigenvalue weighted by Gasteiger charge is 2.42. The van der Waals surface area contributed by atoms with E-state index in [4.69, 9.17) is 20.8 Å². The SMILES string of the molecule is N#CC1O[C@H](CO)[C@@H](O)[C@H](O)[C@@H]1N. The van der Waals surface area contributed by atoms with Gasteiger partial charge in [0.2, 0.25) is 0 Å². The van der Waals surface area contributed by atoms with Crippen molar-refractivity contribution in [2.24, 2.45) is 5.73 Å². The first kappa shape index (κ1) is 10.4. The van der Waals surface area contributed by atoms with Crippen molar-refractivity contribution in [2.45, 2.75) is 30.5 Å². The van der Waals surface area contributed by atoms with Gasteiger partial charge in [0.15, 0.2) is 6.10 Å². The molecule has 1 saturated heterocycles. The summed E-state index contributed by atoms with van der Waals surface area (Å²) in [6.45, 7) is -0.455. The van der Waals surface area contributed by atoms with Gasteiger partial charge in [-0.3, -0.25) is 0 Å². The van der Waals surface area contributed by atoms with E-state index in [0.717, 1.165) is 0 Å². The predicted octanol–water partition coefficient (Wildman–Crippen LogP) is -2.68. The van der Waals surface area contributed by atoms with E-state index in [1.165, 1.54) is 0 Å². The zero-order chi connectivity index (χ0) is 10.0. The maximum atomic E-state index is 9.33. The van der Waals surface area contributed by atoms with E-state index in [2.05, 4.69) is 0 Å². The van der Waals surface area contributed by atoms with Crippen LogP contribution in [0.1, 0.15) is 0 Å². The third-order valence-electron chi connectivity index (χ3n) is 2.10. The maximum absolute atomic E-state index is 9.33. The zero-order valence-corrected chi connectivity index (χ0v) is 6.87. The Morgan fingerprint density at radius 1 is 1.38 bits per heavy atom. The molecule has 0 aliphatic carbocycles. The number of aliphatic hydroxyl groups is 3. The summed E-state index contributed by atoms with van der Waals surface area (Å²) in [5.74, 6) is 0. The van der Waals surface area contributed by atoms with Crippen molar-refractivity contribution >= 4 is 0 Å². The Morgan fingerprint density at radius 3 is 2.46 bits per heavy atom. The molecule has 5 atom stereocenters. The molecule has 1 fully saturated rings. The molecule has 0 amide bonds. The minimum absolute atomic E-state index is 0.455. The number of hydrogen-bond acceptors (Lipinski definition) is 6. The topological polar surface area (TPSA) is 120 Å². The Kier molecular flexibility index (Phi) is 3.19. The minimum atomic E-state index is -1.25. The van der Waals surface area contributed by atoms with Gasteiger partial charge in [-0.2, -0.15) is 5.26 Å². The van der Waals surface area contributed by atoms with E-state index in [0.29, 0.717) is 0 Å². The van der Waals surface area contributed by atoms with Gasteiger partial charge in [0, 0.05) is 0 Å². The van der Waals surface area contributed by atoms with Gasteiger partial charge in [0.05, 0.1) is 18.7 Å². The second-order valence-electron chi connectivity index (χ2n) is 2.97. The summed E-state index contributed by atoms with van der Waals surface area (Å²) in [5, 5.41) is 35.9. The molecule has 13 heavy (non-hydrogen) atoms. The van der Waals surface area contributed by atoms with Crippen molar-refractivity contribution in [3.05, 3.63) is 0 Å². The highest BCUT2D eigenvalue weighted by atomic mass is 16.5. The fraction of sp³-hybridized carbons (Fsp3) is 0.857. The predicted molar refractivity (Wildman–Crippen MR) is 41.3 cm³/mol. The number of nitrogens with two attached hydrogens (primary N) is 1. The normalized spacial score (nSPS) is 45.6. The highest BCUT2D eigenvalue weighted by Crippen LogP contribution is 2.18.